The molecule has 2 aromatic rings. The molecule has 1 aliphatic heterocycles. The lowest BCUT2D eigenvalue weighted by molar-refractivity contribution is -0.134. The van der Waals surface area contributed by atoms with E-state index >= 15 is 0 Å². The van der Waals surface area contributed by atoms with E-state index in [1.165, 1.54) is 5.39 Å². The van der Waals surface area contributed by atoms with Crippen molar-refractivity contribution < 1.29 is 19.4 Å². The Bertz CT molecular complexity index is 981. The monoisotopic (exact) mass is 550 g/mol. The number of benzene rings is 1. The van der Waals surface area contributed by atoms with Gasteiger partial charge < -0.3 is 24.0 Å². The number of aromatic nitrogens is 1. The van der Waals surface area contributed by atoms with Crippen LogP contribution in [0, 0.1) is 5.92 Å². The third kappa shape index (κ3) is 6.45. The first-order valence-corrected chi connectivity index (χ1v) is 17.1. The smallest absolute Gasteiger partial charge is 0.224 e. The summed E-state index contributed by atoms with van der Waals surface area (Å²) in [5.74, 6) is 1.43. The molecule has 1 saturated carbocycles. The Hall–Kier alpha value is -1.35. The minimum atomic E-state index is -1.14. The Morgan fingerprint density at radius 2 is 1.79 bits per heavy atom. The van der Waals surface area contributed by atoms with Gasteiger partial charge in [-0.05, 0) is 72.1 Å². The Morgan fingerprint density at radius 1 is 1.09 bits per heavy atom. The van der Waals surface area contributed by atoms with Gasteiger partial charge >= 0.3 is 0 Å². The van der Waals surface area contributed by atoms with Crippen molar-refractivity contribution in [3.05, 3.63) is 29.0 Å². The van der Waals surface area contributed by atoms with Crippen LogP contribution < -0.4 is 4.74 Å². The van der Waals surface area contributed by atoms with Crippen LogP contribution in [0.4, 0.5) is 0 Å². The Balaban J connectivity index is 1.36. The standard InChI is InChI=1S/C26H39BrN2O4Si/c1-34(2,3)11-10-32-18-29-23(8-9-26(29)31)17-33-25-13-21-15-28(14-20(21)12-24(25)27)22-6-4-19(16-30)5-7-22/h12-15,19,22-23,30H,4-11,16-18H2,1-3H3/t19?,22?,23-/m0/s1. The first-order chi connectivity index (χ1) is 16.2. The number of likely N-dealkylation sites (tertiary alicyclic amines) is 1. The van der Waals surface area contributed by atoms with Gasteiger partial charge in [-0.15, -0.1) is 0 Å². The summed E-state index contributed by atoms with van der Waals surface area (Å²) in [6.45, 7) is 8.85. The van der Waals surface area contributed by atoms with Crippen molar-refractivity contribution in [2.75, 3.05) is 26.6 Å². The molecule has 2 fully saturated rings. The highest BCUT2D eigenvalue weighted by Crippen LogP contribution is 2.36. The molecular formula is C26H39BrN2O4Si. The molecular weight excluding hydrogens is 512 g/mol. The van der Waals surface area contributed by atoms with Crippen LogP contribution in [0.25, 0.3) is 10.8 Å². The summed E-state index contributed by atoms with van der Waals surface area (Å²) in [5, 5.41) is 11.8. The van der Waals surface area contributed by atoms with Crippen LogP contribution >= 0.6 is 15.9 Å². The highest BCUT2D eigenvalue weighted by Gasteiger charge is 2.32. The summed E-state index contributed by atoms with van der Waals surface area (Å²) in [4.78, 5) is 14.2. The van der Waals surface area contributed by atoms with Crippen molar-refractivity contribution in [1.82, 2.24) is 9.47 Å². The maximum atomic E-state index is 12.4. The lowest BCUT2D eigenvalue weighted by Crippen LogP contribution is -2.39. The van der Waals surface area contributed by atoms with Gasteiger partial charge in [-0.25, -0.2) is 0 Å². The molecule has 2 heterocycles. The van der Waals surface area contributed by atoms with Crippen molar-refractivity contribution in [3.63, 3.8) is 0 Å². The molecule has 1 aromatic heterocycles. The van der Waals surface area contributed by atoms with Crippen LogP contribution in [0.15, 0.2) is 29.0 Å². The molecule has 2 aliphatic rings. The summed E-state index contributed by atoms with van der Waals surface area (Å²) in [7, 11) is -1.14. The summed E-state index contributed by atoms with van der Waals surface area (Å²) >= 11 is 3.68. The quantitative estimate of drug-likeness (QED) is 0.299. The number of amides is 1. The average Bonchev–Trinajstić information content (AvgIpc) is 3.37. The largest absolute Gasteiger partial charge is 0.490 e. The second-order valence-corrected chi connectivity index (χ2v) is 17.7. The van der Waals surface area contributed by atoms with E-state index in [0.717, 1.165) is 53.8 Å². The molecule has 1 aliphatic carbocycles. The van der Waals surface area contributed by atoms with Crippen LogP contribution in [-0.4, -0.2) is 61.1 Å². The molecule has 6 nitrogen and oxygen atoms in total. The normalized spacial score (nSPS) is 23.7. The fourth-order valence-electron chi connectivity index (χ4n) is 4.98. The number of fused-ring (bicyclic) bond motifs is 1. The van der Waals surface area contributed by atoms with Crippen molar-refractivity contribution in [3.8, 4) is 5.75 Å². The SMILES string of the molecule is C[Si](C)(C)CCOCN1C(=O)CC[C@H]1COc1cc2cn(C3CCC(CO)CC3)cc2cc1Br. The van der Waals surface area contributed by atoms with Gasteiger partial charge in [0.25, 0.3) is 0 Å². The zero-order valence-electron chi connectivity index (χ0n) is 20.8. The molecule has 4 rings (SSSR count). The van der Waals surface area contributed by atoms with Gasteiger partial charge in [0.15, 0.2) is 0 Å². The number of aliphatic hydroxyl groups is 1. The van der Waals surface area contributed by atoms with E-state index in [1.807, 2.05) is 4.90 Å². The fraction of sp³-hybridized carbons (Fsp3) is 0.654. The molecule has 8 heteroatoms. The molecule has 34 heavy (non-hydrogen) atoms. The zero-order chi connectivity index (χ0) is 24.3. The van der Waals surface area contributed by atoms with Gasteiger partial charge in [0, 0.05) is 56.9 Å². The number of aliphatic hydroxyl groups excluding tert-OH is 1. The number of nitrogens with zero attached hydrogens (tertiary/aromatic N) is 2. The van der Waals surface area contributed by atoms with Gasteiger partial charge in [0.1, 0.15) is 19.1 Å². The molecule has 1 aromatic carbocycles. The first-order valence-electron chi connectivity index (χ1n) is 12.6. The second-order valence-electron chi connectivity index (χ2n) is 11.2. The molecule has 0 unspecified atom stereocenters. The Kier molecular flexibility index (Phi) is 8.43. The third-order valence-corrected chi connectivity index (χ3v) is 9.64. The number of ether oxygens (including phenoxy) is 2. The molecule has 1 saturated heterocycles. The zero-order valence-corrected chi connectivity index (χ0v) is 23.3. The maximum absolute atomic E-state index is 12.4. The summed E-state index contributed by atoms with van der Waals surface area (Å²) in [6.07, 6.45) is 10.2. The van der Waals surface area contributed by atoms with E-state index in [9.17, 15) is 9.90 Å². The summed E-state index contributed by atoms with van der Waals surface area (Å²) < 4.78 is 15.4. The minimum Gasteiger partial charge on any atom is -0.490 e. The average molecular weight is 552 g/mol. The number of carbonyl (C=O) groups is 1. The lowest BCUT2D eigenvalue weighted by atomic mass is 9.86. The molecule has 1 N–H and O–H groups in total. The van der Waals surface area contributed by atoms with Crippen molar-refractivity contribution in [2.24, 2.45) is 5.92 Å². The number of hydrogen-bond acceptors (Lipinski definition) is 4. The van der Waals surface area contributed by atoms with Crippen LogP contribution in [0.3, 0.4) is 0 Å². The molecule has 188 valence electrons. The topological polar surface area (TPSA) is 63.9 Å². The van der Waals surface area contributed by atoms with Crippen LogP contribution in [0.1, 0.15) is 44.6 Å². The van der Waals surface area contributed by atoms with E-state index in [0.29, 0.717) is 44.9 Å². The van der Waals surface area contributed by atoms with Gasteiger partial charge in [-0.2, -0.15) is 0 Å². The molecule has 0 spiro atoms. The van der Waals surface area contributed by atoms with E-state index in [-0.39, 0.29) is 11.9 Å². The Morgan fingerprint density at radius 3 is 2.47 bits per heavy atom. The molecule has 1 amide bonds. The maximum Gasteiger partial charge on any atom is 0.224 e. The molecule has 0 bridgehead atoms. The highest BCUT2D eigenvalue weighted by molar-refractivity contribution is 9.10. The Labute approximate surface area is 212 Å². The van der Waals surface area contributed by atoms with Crippen molar-refractivity contribution in [1.29, 1.82) is 0 Å². The highest BCUT2D eigenvalue weighted by atomic mass is 79.9. The third-order valence-electron chi connectivity index (χ3n) is 7.32. The van der Waals surface area contributed by atoms with Crippen molar-refractivity contribution in [2.45, 2.75) is 76.3 Å². The predicted octanol–water partition coefficient (Wildman–Crippen LogP) is 5.81. The predicted molar refractivity (Wildman–Crippen MR) is 142 cm³/mol. The number of halogens is 1. The molecule has 1 atom stereocenters. The lowest BCUT2D eigenvalue weighted by Gasteiger charge is -2.28. The minimum absolute atomic E-state index is 0.0493. The fourth-order valence-corrected chi connectivity index (χ4v) is 6.22. The number of carbonyl (C=O) groups excluding carboxylic acids is 1. The van der Waals surface area contributed by atoms with Gasteiger partial charge in [0.05, 0.1) is 10.5 Å². The van der Waals surface area contributed by atoms with Crippen LogP contribution in [0.2, 0.25) is 25.7 Å². The summed E-state index contributed by atoms with van der Waals surface area (Å²) in [6, 6.07) is 5.87. The van der Waals surface area contributed by atoms with E-state index < -0.39 is 8.07 Å². The number of hydrogen-bond donors (Lipinski definition) is 1. The van der Waals surface area contributed by atoms with E-state index in [1.54, 1.807) is 0 Å². The van der Waals surface area contributed by atoms with E-state index in [4.69, 9.17) is 9.47 Å². The first kappa shape index (κ1) is 25.7. The summed E-state index contributed by atoms with van der Waals surface area (Å²) in [5.41, 5.74) is 0. The number of rotatable bonds is 10. The van der Waals surface area contributed by atoms with Gasteiger partial charge in [-0.3, -0.25) is 4.79 Å². The van der Waals surface area contributed by atoms with Gasteiger partial charge in [-0.1, -0.05) is 19.6 Å². The van der Waals surface area contributed by atoms with Gasteiger partial charge in [0.2, 0.25) is 5.91 Å². The second kappa shape index (κ2) is 11.1. The van der Waals surface area contributed by atoms with E-state index in [2.05, 4.69) is 64.7 Å². The van der Waals surface area contributed by atoms with Crippen LogP contribution in [0.5, 0.6) is 5.75 Å². The van der Waals surface area contributed by atoms with Crippen LogP contribution in [-0.2, 0) is 9.53 Å². The van der Waals surface area contributed by atoms with Crippen molar-refractivity contribution >= 4 is 40.7 Å². The molecule has 0 radical (unpaired) electrons.